The Labute approximate surface area is 164 Å². The maximum Gasteiger partial charge on any atom is 0.275 e. The molecule has 0 amide bonds. The smallest absolute Gasteiger partial charge is 0.267 e. The van der Waals surface area contributed by atoms with Gasteiger partial charge < -0.3 is 0 Å². The summed E-state index contributed by atoms with van der Waals surface area (Å²) in [5.74, 6) is -1.61. The molecule has 0 aliphatic carbocycles. The van der Waals surface area contributed by atoms with Crippen LogP contribution >= 0.6 is 0 Å². The zero-order chi connectivity index (χ0) is 20.8. The van der Waals surface area contributed by atoms with Crippen LogP contribution in [0.2, 0.25) is 0 Å². The minimum Gasteiger partial charge on any atom is -0.267 e. The second-order valence-electron chi connectivity index (χ2n) is 7.65. The average molecular weight is 396 g/mol. The van der Waals surface area contributed by atoms with E-state index >= 15 is 0 Å². The molecule has 2 aromatic heterocycles. The maximum atomic E-state index is 13.8. The van der Waals surface area contributed by atoms with Crippen molar-refractivity contribution in [1.82, 2.24) is 30.0 Å². The van der Waals surface area contributed by atoms with Crippen LogP contribution in [0, 0.1) is 11.6 Å². The van der Waals surface area contributed by atoms with Crippen LogP contribution in [-0.4, -0.2) is 30.0 Å². The molecule has 0 saturated heterocycles. The molecule has 0 aliphatic rings. The Morgan fingerprint density at radius 1 is 0.966 bits per heavy atom. The number of aromatic nitrogens is 6. The van der Waals surface area contributed by atoms with Crippen LogP contribution in [0.3, 0.4) is 0 Å². The fraction of sp³-hybridized carbons (Fsp3) is 0.250. The van der Waals surface area contributed by atoms with Crippen molar-refractivity contribution >= 4 is 10.8 Å². The Morgan fingerprint density at radius 3 is 2.34 bits per heavy atom. The highest BCUT2D eigenvalue weighted by molar-refractivity contribution is 5.93. The summed E-state index contributed by atoms with van der Waals surface area (Å²) >= 11 is 0. The lowest BCUT2D eigenvalue weighted by Gasteiger charge is -2.15. The first-order chi connectivity index (χ1) is 13.7. The van der Waals surface area contributed by atoms with Gasteiger partial charge in [0.05, 0.1) is 16.6 Å². The number of benzene rings is 2. The summed E-state index contributed by atoms with van der Waals surface area (Å²) in [4.78, 5) is 14.4. The molecule has 29 heavy (non-hydrogen) atoms. The van der Waals surface area contributed by atoms with Crippen LogP contribution in [0.5, 0.6) is 0 Å². The van der Waals surface area contributed by atoms with E-state index in [9.17, 15) is 13.6 Å². The molecule has 0 aliphatic heterocycles. The molecule has 0 N–H and O–H groups in total. The number of hydrogen-bond acceptors (Lipinski definition) is 5. The summed E-state index contributed by atoms with van der Waals surface area (Å²) in [7, 11) is 0. The van der Waals surface area contributed by atoms with E-state index in [1.165, 1.54) is 15.5 Å². The van der Waals surface area contributed by atoms with Crippen LogP contribution < -0.4 is 5.56 Å². The molecule has 0 atom stereocenters. The molecule has 4 aromatic rings. The minimum absolute atomic E-state index is 0.00355. The van der Waals surface area contributed by atoms with Gasteiger partial charge in [-0.3, -0.25) is 4.79 Å². The highest BCUT2D eigenvalue weighted by atomic mass is 19.2. The summed E-state index contributed by atoms with van der Waals surface area (Å²) in [5, 5.41) is 17.7. The zero-order valence-corrected chi connectivity index (χ0v) is 16.1. The van der Waals surface area contributed by atoms with Crippen molar-refractivity contribution in [1.29, 1.82) is 0 Å². The van der Waals surface area contributed by atoms with Crippen LogP contribution in [0.1, 0.15) is 26.6 Å². The van der Waals surface area contributed by atoms with E-state index in [4.69, 9.17) is 0 Å². The van der Waals surface area contributed by atoms with Gasteiger partial charge in [-0.15, -0.1) is 10.2 Å². The van der Waals surface area contributed by atoms with Gasteiger partial charge in [0, 0.05) is 10.9 Å². The van der Waals surface area contributed by atoms with Crippen molar-refractivity contribution in [2.45, 2.75) is 32.9 Å². The van der Waals surface area contributed by atoms with E-state index in [1.54, 1.807) is 24.3 Å². The van der Waals surface area contributed by atoms with E-state index in [-0.39, 0.29) is 17.6 Å². The minimum atomic E-state index is -0.985. The zero-order valence-electron chi connectivity index (χ0n) is 16.1. The lowest BCUT2D eigenvalue weighted by atomic mass is 10.0. The molecule has 0 spiro atoms. The Bertz CT molecular complexity index is 1270. The monoisotopic (exact) mass is 396 g/mol. The first-order valence-electron chi connectivity index (χ1n) is 8.99. The van der Waals surface area contributed by atoms with Gasteiger partial charge in [0.25, 0.3) is 5.56 Å². The van der Waals surface area contributed by atoms with Crippen molar-refractivity contribution in [2.24, 2.45) is 0 Å². The van der Waals surface area contributed by atoms with E-state index in [1.807, 2.05) is 20.8 Å². The summed E-state index contributed by atoms with van der Waals surface area (Å²) in [6.07, 6.45) is 0. The van der Waals surface area contributed by atoms with Crippen LogP contribution in [-0.2, 0) is 12.1 Å². The van der Waals surface area contributed by atoms with Gasteiger partial charge in [-0.25, -0.2) is 13.5 Å². The van der Waals surface area contributed by atoms with E-state index in [0.29, 0.717) is 27.9 Å². The molecule has 0 saturated carbocycles. The Balaban J connectivity index is 1.87. The fourth-order valence-electron chi connectivity index (χ4n) is 2.92. The van der Waals surface area contributed by atoms with E-state index in [0.717, 1.165) is 12.1 Å². The summed E-state index contributed by atoms with van der Waals surface area (Å²) in [6.45, 7) is 5.79. The van der Waals surface area contributed by atoms with Gasteiger partial charge >= 0.3 is 0 Å². The molecular formula is C20H18F2N6O. The fourth-order valence-corrected chi connectivity index (χ4v) is 2.92. The Morgan fingerprint density at radius 2 is 1.69 bits per heavy atom. The first kappa shape index (κ1) is 18.9. The summed E-state index contributed by atoms with van der Waals surface area (Å²) < 4.78 is 28.4. The second-order valence-corrected chi connectivity index (χ2v) is 7.65. The SMILES string of the molecule is CC(C)(C)n1nnc(Cn2nc(-c3ccc(F)c(F)c3)c3ccccc3c2=O)n1. The largest absolute Gasteiger partial charge is 0.275 e. The third-order valence-corrected chi connectivity index (χ3v) is 4.41. The number of halogens is 2. The average Bonchev–Trinajstić information content (AvgIpc) is 3.15. The molecule has 0 bridgehead atoms. The number of nitrogens with zero attached hydrogens (tertiary/aromatic N) is 6. The lowest BCUT2D eigenvalue weighted by molar-refractivity contribution is 0.305. The van der Waals surface area contributed by atoms with E-state index < -0.39 is 11.6 Å². The number of hydrogen-bond donors (Lipinski definition) is 0. The van der Waals surface area contributed by atoms with Gasteiger partial charge in [-0.2, -0.15) is 9.90 Å². The molecule has 4 rings (SSSR count). The predicted molar refractivity (Wildman–Crippen MR) is 103 cm³/mol. The summed E-state index contributed by atoms with van der Waals surface area (Å²) in [5.41, 5.74) is 0.0330. The third kappa shape index (κ3) is 3.51. The van der Waals surface area contributed by atoms with Gasteiger partial charge in [0.15, 0.2) is 17.5 Å². The molecule has 7 nitrogen and oxygen atoms in total. The molecular weight excluding hydrogens is 378 g/mol. The number of rotatable bonds is 3. The van der Waals surface area contributed by atoms with Gasteiger partial charge in [-0.05, 0) is 50.3 Å². The third-order valence-electron chi connectivity index (χ3n) is 4.41. The Hall–Kier alpha value is -3.49. The quantitative estimate of drug-likeness (QED) is 0.532. The van der Waals surface area contributed by atoms with Crippen LogP contribution in [0.4, 0.5) is 8.78 Å². The van der Waals surface area contributed by atoms with Crippen molar-refractivity contribution < 1.29 is 8.78 Å². The molecule has 0 fully saturated rings. The van der Waals surface area contributed by atoms with Crippen LogP contribution in [0.15, 0.2) is 47.3 Å². The second kappa shape index (κ2) is 6.84. The predicted octanol–water partition coefficient (Wildman–Crippen LogP) is 3.13. The van der Waals surface area contributed by atoms with Gasteiger partial charge in [-0.1, -0.05) is 18.2 Å². The standard InChI is InChI=1S/C20H18F2N6O/c1-20(2,3)28-24-17(23-26-28)11-27-19(29)14-7-5-4-6-13(14)18(25-27)12-8-9-15(21)16(22)10-12/h4-10H,11H2,1-3H3. The van der Waals surface area contributed by atoms with Crippen LogP contribution in [0.25, 0.3) is 22.0 Å². The van der Waals surface area contributed by atoms with Crippen molar-refractivity contribution in [3.05, 3.63) is 70.3 Å². The highest BCUT2D eigenvalue weighted by Gasteiger charge is 2.19. The summed E-state index contributed by atoms with van der Waals surface area (Å²) in [6, 6.07) is 10.4. The molecule has 0 unspecified atom stereocenters. The Kier molecular flexibility index (Phi) is 4.45. The normalized spacial score (nSPS) is 11.9. The lowest BCUT2D eigenvalue weighted by Crippen LogP contribution is -2.26. The van der Waals surface area contributed by atoms with Crippen molar-refractivity contribution in [3.63, 3.8) is 0 Å². The number of fused-ring (bicyclic) bond motifs is 1. The first-order valence-corrected chi connectivity index (χ1v) is 8.99. The topological polar surface area (TPSA) is 78.5 Å². The van der Waals surface area contributed by atoms with E-state index in [2.05, 4.69) is 20.5 Å². The highest BCUT2D eigenvalue weighted by Crippen LogP contribution is 2.26. The molecule has 148 valence electrons. The molecule has 2 aromatic carbocycles. The van der Waals surface area contributed by atoms with Crippen molar-refractivity contribution in [2.75, 3.05) is 0 Å². The van der Waals surface area contributed by atoms with Crippen molar-refractivity contribution in [3.8, 4) is 11.3 Å². The number of tetrazole rings is 1. The van der Waals surface area contributed by atoms with Gasteiger partial charge in [0.1, 0.15) is 6.54 Å². The molecule has 9 heteroatoms. The molecule has 2 heterocycles. The molecule has 0 radical (unpaired) electrons. The van der Waals surface area contributed by atoms with Gasteiger partial charge in [0.2, 0.25) is 0 Å². The maximum absolute atomic E-state index is 13.8.